The van der Waals surface area contributed by atoms with E-state index in [1.165, 1.54) is 19.2 Å². The Morgan fingerprint density at radius 1 is 1.32 bits per heavy atom. The third-order valence-electron chi connectivity index (χ3n) is 2.21. The molecule has 0 aliphatic heterocycles. The van der Waals surface area contributed by atoms with E-state index in [2.05, 4.69) is 20.6 Å². The third-order valence-corrected chi connectivity index (χ3v) is 2.21. The number of nitrogens with one attached hydrogen (secondary N) is 2. The molecule has 2 N–H and O–H groups in total. The number of anilines is 3. The minimum absolute atomic E-state index is 0.139. The first-order valence-electron chi connectivity index (χ1n) is 5.55. The maximum atomic E-state index is 11.0. The van der Waals surface area contributed by atoms with Crippen LogP contribution in [0.2, 0.25) is 0 Å². The van der Waals surface area contributed by atoms with Gasteiger partial charge in [0.2, 0.25) is 11.9 Å². The van der Waals surface area contributed by atoms with Gasteiger partial charge in [-0.25, -0.2) is 9.97 Å². The molecule has 0 spiro atoms. The van der Waals surface area contributed by atoms with Crippen LogP contribution in [0.15, 0.2) is 36.5 Å². The fraction of sp³-hybridized carbons (Fsp3) is 0.0769. The number of nitrogens with zero attached hydrogens (tertiary/aromatic N) is 3. The number of amides is 1. The molecule has 0 aliphatic rings. The Hall–Kier alpha value is -2.94. The Kier molecular flexibility index (Phi) is 3.69. The van der Waals surface area contributed by atoms with Crippen LogP contribution in [0, 0.1) is 11.3 Å². The fourth-order valence-electron chi connectivity index (χ4n) is 1.49. The number of carbonyl (C=O) groups excluding carboxylic acids is 1. The highest BCUT2D eigenvalue weighted by molar-refractivity contribution is 5.89. The van der Waals surface area contributed by atoms with Gasteiger partial charge in [0.15, 0.2) is 0 Å². The number of benzene rings is 1. The van der Waals surface area contributed by atoms with Crippen LogP contribution in [-0.2, 0) is 4.79 Å². The van der Waals surface area contributed by atoms with E-state index in [1.807, 2.05) is 12.1 Å². The van der Waals surface area contributed by atoms with Crippen LogP contribution >= 0.6 is 0 Å². The Labute approximate surface area is 110 Å². The Morgan fingerprint density at radius 3 is 2.84 bits per heavy atom. The largest absolute Gasteiger partial charge is 0.326 e. The second kappa shape index (κ2) is 5.60. The molecule has 0 aliphatic carbocycles. The minimum atomic E-state index is -0.139. The molecule has 0 atom stereocenters. The van der Waals surface area contributed by atoms with Gasteiger partial charge in [0, 0.05) is 24.5 Å². The van der Waals surface area contributed by atoms with Crippen molar-refractivity contribution in [2.24, 2.45) is 0 Å². The molecule has 0 radical (unpaired) electrons. The van der Waals surface area contributed by atoms with Gasteiger partial charge in [-0.05, 0) is 24.3 Å². The van der Waals surface area contributed by atoms with Crippen LogP contribution in [0.25, 0.3) is 0 Å². The summed E-state index contributed by atoms with van der Waals surface area (Å²) in [6.45, 7) is 1.44. The molecule has 19 heavy (non-hydrogen) atoms. The molecule has 94 valence electrons. The Balaban J connectivity index is 2.18. The summed E-state index contributed by atoms with van der Waals surface area (Å²) < 4.78 is 0. The van der Waals surface area contributed by atoms with Crippen molar-refractivity contribution in [3.05, 3.63) is 42.2 Å². The summed E-state index contributed by atoms with van der Waals surface area (Å²) in [6.07, 6.45) is 1.51. The van der Waals surface area contributed by atoms with Crippen LogP contribution in [0.1, 0.15) is 12.6 Å². The molecule has 0 saturated heterocycles. The zero-order chi connectivity index (χ0) is 13.7. The lowest BCUT2D eigenvalue weighted by Gasteiger charge is -2.07. The predicted molar refractivity (Wildman–Crippen MR) is 70.8 cm³/mol. The van der Waals surface area contributed by atoms with Crippen LogP contribution < -0.4 is 10.6 Å². The first-order chi connectivity index (χ1) is 9.17. The predicted octanol–water partition coefficient (Wildman–Crippen LogP) is 2.05. The number of nitriles is 1. The maximum absolute atomic E-state index is 11.0. The molecule has 1 amide bonds. The Bertz CT molecular complexity index is 647. The van der Waals surface area contributed by atoms with E-state index in [9.17, 15) is 4.79 Å². The fourth-order valence-corrected chi connectivity index (χ4v) is 1.49. The van der Waals surface area contributed by atoms with E-state index in [4.69, 9.17) is 5.26 Å². The van der Waals surface area contributed by atoms with Crippen molar-refractivity contribution in [1.29, 1.82) is 5.26 Å². The van der Waals surface area contributed by atoms with Crippen LogP contribution in [0.3, 0.4) is 0 Å². The second-order valence-electron chi connectivity index (χ2n) is 3.76. The first kappa shape index (κ1) is 12.5. The summed E-state index contributed by atoms with van der Waals surface area (Å²) in [4.78, 5) is 19.0. The molecule has 1 heterocycles. The Morgan fingerprint density at radius 2 is 2.11 bits per heavy atom. The van der Waals surface area contributed by atoms with E-state index in [0.29, 0.717) is 11.6 Å². The molecule has 6 nitrogen and oxygen atoms in total. The molecule has 6 heteroatoms. The molecule has 2 aromatic rings. The van der Waals surface area contributed by atoms with Crippen LogP contribution in [0.5, 0.6) is 0 Å². The van der Waals surface area contributed by atoms with Crippen molar-refractivity contribution < 1.29 is 4.79 Å². The van der Waals surface area contributed by atoms with Gasteiger partial charge in [0.05, 0.1) is 0 Å². The van der Waals surface area contributed by atoms with Gasteiger partial charge in [0.25, 0.3) is 0 Å². The molecule has 0 unspecified atom stereocenters. The summed E-state index contributed by atoms with van der Waals surface area (Å²) in [6, 6.07) is 10.6. The standard InChI is InChI=1S/C13H11N5O/c1-9(19)16-10-3-2-4-11(7-10)17-13-15-6-5-12(8-14)18-13/h2-7H,1H3,(H,16,19)(H,15,17,18). The summed E-state index contributed by atoms with van der Waals surface area (Å²) in [5, 5.41) is 14.4. The lowest BCUT2D eigenvalue weighted by Crippen LogP contribution is -2.06. The summed E-state index contributed by atoms with van der Waals surface area (Å²) >= 11 is 0. The molecule has 0 saturated carbocycles. The minimum Gasteiger partial charge on any atom is -0.326 e. The maximum Gasteiger partial charge on any atom is 0.228 e. The number of hydrogen-bond acceptors (Lipinski definition) is 5. The zero-order valence-electron chi connectivity index (χ0n) is 10.2. The highest BCUT2D eigenvalue weighted by Gasteiger charge is 2.01. The van der Waals surface area contributed by atoms with Crippen molar-refractivity contribution in [1.82, 2.24) is 9.97 Å². The third kappa shape index (κ3) is 3.51. The highest BCUT2D eigenvalue weighted by Crippen LogP contribution is 2.17. The summed E-state index contributed by atoms with van der Waals surface area (Å²) in [5.74, 6) is 0.193. The van der Waals surface area contributed by atoms with Gasteiger partial charge < -0.3 is 10.6 Å². The average molecular weight is 253 g/mol. The normalized spacial score (nSPS) is 9.47. The molecule has 0 bridgehead atoms. The summed E-state index contributed by atoms with van der Waals surface area (Å²) in [7, 11) is 0. The molecular formula is C13H11N5O. The lowest BCUT2D eigenvalue weighted by molar-refractivity contribution is -0.114. The van der Waals surface area contributed by atoms with Gasteiger partial charge in [-0.15, -0.1) is 0 Å². The molecule has 2 rings (SSSR count). The molecule has 0 fully saturated rings. The number of aromatic nitrogens is 2. The van der Waals surface area contributed by atoms with Gasteiger partial charge in [0.1, 0.15) is 11.8 Å². The highest BCUT2D eigenvalue weighted by atomic mass is 16.1. The number of hydrogen-bond donors (Lipinski definition) is 2. The lowest BCUT2D eigenvalue weighted by atomic mass is 10.2. The number of rotatable bonds is 3. The average Bonchev–Trinajstić information content (AvgIpc) is 2.38. The van der Waals surface area contributed by atoms with Crippen LogP contribution in [0.4, 0.5) is 17.3 Å². The van der Waals surface area contributed by atoms with Crippen molar-refractivity contribution in [2.75, 3.05) is 10.6 Å². The van der Waals surface area contributed by atoms with Crippen molar-refractivity contribution >= 4 is 23.2 Å². The first-order valence-corrected chi connectivity index (χ1v) is 5.55. The van der Waals surface area contributed by atoms with Gasteiger partial charge in [-0.3, -0.25) is 4.79 Å². The van der Waals surface area contributed by atoms with E-state index >= 15 is 0 Å². The van der Waals surface area contributed by atoms with Crippen LogP contribution in [-0.4, -0.2) is 15.9 Å². The summed E-state index contributed by atoms with van der Waals surface area (Å²) in [5.41, 5.74) is 1.69. The van der Waals surface area contributed by atoms with E-state index in [0.717, 1.165) is 5.69 Å². The smallest absolute Gasteiger partial charge is 0.228 e. The van der Waals surface area contributed by atoms with Gasteiger partial charge in [-0.2, -0.15) is 5.26 Å². The number of carbonyl (C=O) groups is 1. The van der Waals surface area contributed by atoms with Gasteiger partial charge in [-0.1, -0.05) is 6.07 Å². The zero-order valence-corrected chi connectivity index (χ0v) is 10.2. The van der Waals surface area contributed by atoms with Crippen molar-refractivity contribution in [2.45, 2.75) is 6.92 Å². The molecular weight excluding hydrogens is 242 g/mol. The van der Waals surface area contributed by atoms with Crippen molar-refractivity contribution in [3.63, 3.8) is 0 Å². The monoisotopic (exact) mass is 253 g/mol. The topological polar surface area (TPSA) is 90.7 Å². The molecule has 1 aromatic carbocycles. The molecule has 1 aromatic heterocycles. The quantitative estimate of drug-likeness (QED) is 0.873. The van der Waals surface area contributed by atoms with Crippen molar-refractivity contribution in [3.8, 4) is 6.07 Å². The SMILES string of the molecule is CC(=O)Nc1cccc(Nc2nccc(C#N)n2)c1. The van der Waals surface area contributed by atoms with E-state index in [1.54, 1.807) is 18.2 Å². The van der Waals surface area contributed by atoms with E-state index < -0.39 is 0 Å². The van der Waals surface area contributed by atoms with Gasteiger partial charge >= 0.3 is 0 Å². The second-order valence-corrected chi connectivity index (χ2v) is 3.76. The van der Waals surface area contributed by atoms with E-state index in [-0.39, 0.29) is 11.6 Å².